The highest BCUT2D eigenvalue weighted by atomic mass is 16.3. The summed E-state index contributed by atoms with van der Waals surface area (Å²) in [4.78, 5) is 0. The minimum atomic E-state index is 0.124. The molecule has 0 aromatic heterocycles. The highest BCUT2D eigenvalue weighted by molar-refractivity contribution is 4.52. The van der Waals surface area contributed by atoms with Gasteiger partial charge in [0.2, 0.25) is 0 Å². The molecular formula is C26H56NO3+. The van der Waals surface area contributed by atoms with Gasteiger partial charge in [-0.05, 0) is 12.8 Å². The molecule has 0 saturated carbocycles. The Morgan fingerprint density at radius 2 is 0.633 bits per heavy atom. The number of nitrogens with zero attached hydrogens (tertiary/aromatic N) is 1. The summed E-state index contributed by atoms with van der Waals surface area (Å²) in [6, 6.07) is 0. The molecule has 0 aromatic rings. The molecule has 4 heteroatoms. The molecule has 0 unspecified atom stereocenters. The molecule has 30 heavy (non-hydrogen) atoms. The summed E-state index contributed by atoms with van der Waals surface area (Å²) in [5.41, 5.74) is 0. The molecule has 182 valence electrons. The second kappa shape index (κ2) is 23.5. The quantitative estimate of drug-likeness (QED) is 0.126. The number of rotatable bonds is 25. The highest BCUT2D eigenvalue weighted by Gasteiger charge is 2.25. The Labute approximate surface area is 188 Å². The number of quaternary nitrogens is 1. The summed E-state index contributed by atoms with van der Waals surface area (Å²) in [5, 5.41) is 28.0. The maximum Gasteiger partial charge on any atom is 0.102 e. The number of hydrogen-bond acceptors (Lipinski definition) is 3. The van der Waals surface area contributed by atoms with Gasteiger partial charge in [-0.25, -0.2) is 0 Å². The molecule has 0 spiro atoms. The zero-order chi connectivity index (χ0) is 22.2. The SMILES string of the molecule is CCCCCCCCCCCCCCCCCCCC[N+](CCO)(CCO)CCO. The molecule has 0 aliphatic rings. The highest BCUT2D eigenvalue weighted by Crippen LogP contribution is 2.15. The molecule has 3 N–H and O–H groups in total. The van der Waals surface area contributed by atoms with E-state index in [1.807, 2.05) is 0 Å². The lowest BCUT2D eigenvalue weighted by atomic mass is 10.0. The monoisotopic (exact) mass is 430 g/mol. The molecule has 0 atom stereocenters. The number of aliphatic hydroxyl groups is 3. The van der Waals surface area contributed by atoms with Crippen LogP contribution < -0.4 is 0 Å². The molecule has 0 heterocycles. The van der Waals surface area contributed by atoms with Gasteiger partial charge in [0.25, 0.3) is 0 Å². The van der Waals surface area contributed by atoms with Gasteiger partial charge in [-0.3, -0.25) is 0 Å². The van der Waals surface area contributed by atoms with Crippen LogP contribution in [0.4, 0.5) is 0 Å². The maximum atomic E-state index is 9.33. The van der Waals surface area contributed by atoms with Gasteiger partial charge in [0, 0.05) is 0 Å². The van der Waals surface area contributed by atoms with Crippen LogP contribution in [0, 0.1) is 0 Å². The number of aliphatic hydroxyl groups excluding tert-OH is 3. The summed E-state index contributed by atoms with van der Waals surface area (Å²) in [6.45, 7) is 5.53. The van der Waals surface area contributed by atoms with E-state index in [9.17, 15) is 15.3 Å². The number of hydrogen-bond donors (Lipinski definition) is 3. The molecule has 0 aliphatic carbocycles. The average molecular weight is 431 g/mol. The molecule has 0 fully saturated rings. The first-order valence-electron chi connectivity index (χ1n) is 13.4. The fourth-order valence-corrected chi connectivity index (χ4v) is 4.66. The second-order valence-corrected chi connectivity index (χ2v) is 9.42. The van der Waals surface area contributed by atoms with Crippen molar-refractivity contribution in [2.24, 2.45) is 0 Å². The van der Waals surface area contributed by atoms with Crippen molar-refractivity contribution >= 4 is 0 Å². The Morgan fingerprint density at radius 1 is 0.367 bits per heavy atom. The average Bonchev–Trinajstić information content (AvgIpc) is 2.73. The van der Waals surface area contributed by atoms with Crippen LogP contribution in [0.3, 0.4) is 0 Å². The summed E-state index contributed by atoms with van der Waals surface area (Å²) in [7, 11) is 0. The van der Waals surface area contributed by atoms with Crippen molar-refractivity contribution in [1.29, 1.82) is 0 Å². The van der Waals surface area contributed by atoms with Crippen LogP contribution >= 0.6 is 0 Å². The van der Waals surface area contributed by atoms with Crippen LogP contribution in [0.15, 0.2) is 0 Å². The Morgan fingerprint density at radius 3 is 0.900 bits per heavy atom. The predicted molar refractivity (Wildman–Crippen MR) is 130 cm³/mol. The van der Waals surface area contributed by atoms with Crippen molar-refractivity contribution in [2.75, 3.05) is 46.0 Å². The standard InChI is InChI=1S/C26H56NO3/c1-2-3-4-5-6-7-8-9-10-11-12-13-14-15-16-17-18-19-20-27(21-24-28,22-25-29)23-26-30/h28-30H,2-26H2,1H3/q+1. The largest absolute Gasteiger partial charge is 0.391 e. The molecule has 0 saturated heterocycles. The van der Waals surface area contributed by atoms with E-state index in [1.54, 1.807) is 0 Å². The topological polar surface area (TPSA) is 60.7 Å². The molecule has 0 aromatic carbocycles. The maximum absolute atomic E-state index is 9.33. The summed E-state index contributed by atoms with van der Waals surface area (Å²) in [6.07, 6.45) is 24.8. The zero-order valence-electron chi connectivity index (χ0n) is 20.5. The molecule has 0 amide bonds. The van der Waals surface area contributed by atoms with Gasteiger partial charge in [-0.1, -0.05) is 110 Å². The van der Waals surface area contributed by atoms with Crippen LogP contribution in [0.2, 0.25) is 0 Å². The molecule has 0 aliphatic heterocycles. The van der Waals surface area contributed by atoms with Crippen LogP contribution in [0.5, 0.6) is 0 Å². The predicted octanol–water partition coefficient (Wildman–Crippen LogP) is 5.82. The van der Waals surface area contributed by atoms with Crippen LogP contribution in [-0.2, 0) is 0 Å². The lowest BCUT2D eigenvalue weighted by Gasteiger charge is -2.37. The lowest BCUT2D eigenvalue weighted by Crippen LogP contribution is -2.53. The van der Waals surface area contributed by atoms with Gasteiger partial charge < -0.3 is 19.8 Å². The molecule has 0 bridgehead atoms. The molecular weight excluding hydrogens is 374 g/mol. The summed E-state index contributed by atoms with van der Waals surface area (Å²) >= 11 is 0. The molecule has 4 nitrogen and oxygen atoms in total. The van der Waals surface area contributed by atoms with E-state index in [2.05, 4.69) is 6.92 Å². The first-order valence-corrected chi connectivity index (χ1v) is 13.4. The minimum absolute atomic E-state index is 0.124. The third-order valence-electron chi connectivity index (χ3n) is 6.71. The van der Waals surface area contributed by atoms with Crippen LogP contribution in [0.1, 0.15) is 122 Å². The Bertz CT molecular complexity index is 308. The Hall–Kier alpha value is -0.160. The zero-order valence-corrected chi connectivity index (χ0v) is 20.5. The first-order chi connectivity index (χ1) is 14.7. The molecule has 0 rings (SSSR count). The van der Waals surface area contributed by atoms with Crippen molar-refractivity contribution in [2.45, 2.75) is 122 Å². The molecule has 0 radical (unpaired) electrons. The minimum Gasteiger partial charge on any atom is -0.391 e. The van der Waals surface area contributed by atoms with Gasteiger partial charge in [0.15, 0.2) is 0 Å². The Kier molecular flexibility index (Phi) is 23.4. The van der Waals surface area contributed by atoms with Crippen molar-refractivity contribution in [3.8, 4) is 0 Å². The van der Waals surface area contributed by atoms with E-state index < -0.39 is 0 Å². The first kappa shape index (κ1) is 29.8. The second-order valence-electron chi connectivity index (χ2n) is 9.42. The number of unbranched alkanes of at least 4 members (excludes halogenated alkanes) is 17. The van der Waals surface area contributed by atoms with E-state index >= 15 is 0 Å². The van der Waals surface area contributed by atoms with Gasteiger partial charge in [-0.2, -0.15) is 0 Å². The van der Waals surface area contributed by atoms with Crippen molar-refractivity contribution in [1.82, 2.24) is 0 Å². The van der Waals surface area contributed by atoms with Crippen molar-refractivity contribution in [3.63, 3.8) is 0 Å². The van der Waals surface area contributed by atoms with E-state index in [-0.39, 0.29) is 19.8 Å². The van der Waals surface area contributed by atoms with Crippen molar-refractivity contribution in [3.05, 3.63) is 0 Å². The van der Waals surface area contributed by atoms with E-state index in [0.29, 0.717) is 24.1 Å². The fraction of sp³-hybridized carbons (Fsp3) is 1.00. The van der Waals surface area contributed by atoms with Gasteiger partial charge >= 0.3 is 0 Å². The summed E-state index contributed by atoms with van der Waals surface area (Å²) < 4.78 is 0.655. The van der Waals surface area contributed by atoms with E-state index in [1.165, 1.54) is 109 Å². The smallest absolute Gasteiger partial charge is 0.102 e. The normalized spacial score (nSPS) is 12.0. The van der Waals surface area contributed by atoms with Gasteiger partial charge in [-0.15, -0.1) is 0 Å². The Balaban J connectivity index is 3.41. The van der Waals surface area contributed by atoms with Gasteiger partial charge in [0.1, 0.15) is 19.6 Å². The fourth-order valence-electron chi connectivity index (χ4n) is 4.66. The van der Waals surface area contributed by atoms with E-state index in [0.717, 1.165) is 13.0 Å². The van der Waals surface area contributed by atoms with Crippen LogP contribution in [0.25, 0.3) is 0 Å². The third-order valence-corrected chi connectivity index (χ3v) is 6.71. The van der Waals surface area contributed by atoms with Crippen LogP contribution in [-0.4, -0.2) is 65.8 Å². The third kappa shape index (κ3) is 18.6. The summed E-state index contributed by atoms with van der Waals surface area (Å²) in [5.74, 6) is 0. The lowest BCUT2D eigenvalue weighted by molar-refractivity contribution is -0.929. The van der Waals surface area contributed by atoms with Crippen molar-refractivity contribution < 1.29 is 19.8 Å². The van der Waals surface area contributed by atoms with E-state index in [4.69, 9.17) is 0 Å². The van der Waals surface area contributed by atoms with Gasteiger partial charge in [0.05, 0.1) is 26.4 Å².